The van der Waals surface area contributed by atoms with E-state index in [0.29, 0.717) is 0 Å². The quantitative estimate of drug-likeness (QED) is 0.359. The Morgan fingerprint density at radius 2 is 1.00 bits per heavy atom. The molecule has 1 nitrogen and oxygen atoms in total. The number of nitrogens with one attached hydrogen (secondary N) is 1. The summed E-state index contributed by atoms with van der Waals surface area (Å²) in [6, 6.07) is 28.0. The van der Waals surface area contributed by atoms with Crippen LogP contribution in [0.3, 0.4) is 0 Å². The van der Waals surface area contributed by atoms with Crippen LogP contribution in [0.5, 0.6) is 0 Å². The molecule has 0 fully saturated rings. The van der Waals surface area contributed by atoms with Gasteiger partial charge in [-0.05, 0) is 60.8 Å². The van der Waals surface area contributed by atoms with Crippen LogP contribution in [0.25, 0.3) is 10.9 Å². The first kappa shape index (κ1) is 19.4. The molecule has 0 bridgehead atoms. The zero-order valence-corrected chi connectivity index (χ0v) is 18.7. The standard InChI is InChI=1S/2C9H10.C8H6N.Zr/c2*1-2-5-9-7-3-6-8(9)4-1;1-2-4-8-7(3-1)5-6-9-8;/h2*1-2,4-5H,3,6-7H2;1-5,9H;. The fourth-order valence-electron chi connectivity index (χ4n) is 4.10. The molecule has 1 N–H and O–H groups in total. The number of hydrogen-bond donors (Lipinski definition) is 1. The average Bonchev–Trinajstić information content (AvgIpc) is 3.46. The normalized spacial score (nSPS) is 13.7. The Morgan fingerprint density at radius 1 is 0.571 bits per heavy atom. The summed E-state index contributed by atoms with van der Waals surface area (Å²) in [5.41, 5.74) is 7.51. The molecule has 0 spiro atoms. The zero-order chi connectivity index (χ0) is 19.2. The van der Waals surface area contributed by atoms with Crippen LogP contribution in [0.1, 0.15) is 35.1 Å². The van der Waals surface area contributed by atoms with E-state index < -0.39 is 0 Å². The second kappa shape index (κ2) is 9.52. The van der Waals surface area contributed by atoms with Gasteiger partial charge in [0.1, 0.15) is 0 Å². The molecule has 0 amide bonds. The van der Waals surface area contributed by atoms with Crippen LogP contribution in [-0.4, -0.2) is 4.98 Å². The first-order chi connectivity index (χ1) is 13.8. The molecule has 2 aliphatic carbocycles. The molecule has 1 aromatic heterocycles. The first-order valence-electron chi connectivity index (χ1n) is 10.2. The van der Waals surface area contributed by atoms with Crippen molar-refractivity contribution < 1.29 is 24.7 Å². The summed E-state index contributed by atoms with van der Waals surface area (Å²) in [6.07, 6.45) is 7.93. The van der Waals surface area contributed by atoms with Gasteiger partial charge in [0.15, 0.2) is 0 Å². The van der Waals surface area contributed by atoms with Crippen molar-refractivity contribution in [2.75, 3.05) is 0 Å². The van der Waals surface area contributed by atoms with Crippen molar-refractivity contribution in [1.29, 1.82) is 0 Å². The third kappa shape index (κ3) is 4.92. The van der Waals surface area contributed by atoms with Gasteiger partial charge in [0.2, 0.25) is 0 Å². The Morgan fingerprint density at radius 3 is 1.46 bits per heavy atom. The minimum Gasteiger partial charge on any atom is -0.0620 e. The van der Waals surface area contributed by atoms with Gasteiger partial charge in [-0.1, -0.05) is 48.5 Å². The number of aromatic amines is 1. The number of benzene rings is 3. The SMILES string of the molecule is [Zr][c]1cc2ccccc2[nH]1.c1ccc2c(c1)CCC2.c1ccc2c(c1)CCC2. The van der Waals surface area contributed by atoms with E-state index in [-0.39, 0.29) is 0 Å². The number of fused-ring (bicyclic) bond motifs is 3. The maximum absolute atomic E-state index is 3.30. The summed E-state index contributed by atoms with van der Waals surface area (Å²) in [7, 11) is 0. The molecule has 139 valence electrons. The van der Waals surface area contributed by atoms with Gasteiger partial charge in [-0.2, -0.15) is 0 Å². The van der Waals surface area contributed by atoms with Gasteiger partial charge in [-0.25, -0.2) is 0 Å². The molecule has 0 atom stereocenters. The van der Waals surface area contributed by atoms with E-state index >= 15 is 0 Å². The van der Waals surface area contributed by atoms with Crippen LogP contribution in [0, 0.1) is 0 Å². The van der Waals surface area contributed by atoms with Gasteiger partial charge in [0.25, 0.3) is 0 Å². The van der Waals surface area contributed by atoms with Crippen LogP contribution in [-0.2, 0) is 50.4 Å². The summed E-state index contributed by atoms with van der Waals surface area (Å²) in [5.74, 6) is 0. The van der Waals surface area contributed by atoms with Crippen molar-refractivity contribution in [2.45, 2.75) is 38.5 Å². The maximum atomic E-state index is 3.30. The molecule has 0 aliphatic heterocycles. The van der Waals surface area contributed by atoms with Crippen molar-refractivity contribution >= 4 is 14.3 Å². The summed E-state index contributed by atoms with van der Waals surface area (Å²) < 4.78 is 1.31. The molecule has 28 heavy (non-hydrogen) atoms. The number of aryl methyl sites for hydroxylation is 4. The van der Waals surface area contributed by atoms with Crippen molar-refractivity contribution in [3.8, 4) is 0 Å². The minimum absolute atomic E-state index is 1.24. The summed E-state index contributed by atoms with van der Waals surface area (Å²) in [6.45, 7) is 0. The number of H-pyrrole nitrogens is 1. The van der Waals surface area contributed by atoms with Crippen LogP contribution in [0.2, 0.25) is 0 Å². The van der Waals surface area contributed by atoms with Gasteiger partial charge in [0, 0.05) is 0 Å². The third-order valence-electron chi connectivity index (χ3n) is 5.55. The van der Waals surface area contributed by atoms with E-state index in [0.717, 1.165) is 0 Å². The number of para-hydroxylation sites is 1. The fourth-order valence-corrected chi connectivity index (χ4v) is 4.82. The first-order valence-corrected chi connectivity index (χ1v) is 11.5. The summed E-state index contributed by atoms with van der Waals surface area (Å²) in [4.78, 5) is 3.30. The van der Waals surface area contributed by atoms with Crippen LogP contribution in [0.15, 0.2) is 78.9 Å². The molecule has 4 aromatic rings. The molecule has 0 saturated heterocycles. The molecule has 6 rings (SSSR count). The average molecular weight is 444 g/mol. The molecular formula is C26H26NZr. The van der Waals surface area contributed by atoms with Gasteiger partial charge in [0.05, 0.1) is 0 Å². The monoisotopic (exact) mass is 442 g/mol. The minimum atomic E-state index is 1.24. The topological polar surface area (TPSA) is 15.8 Å². The molecule has 1 heterocycles. The van der Waals surface area contributed by atoms with E-state index in [1.54, 1.807) is 22.3 Å². The predicted octanol–water partition coefficient (Wildman–Crippen LogP) is 5.69. The van der Waals surface area contributed by atoms with Gasteiger partial charge < -0.3 is 0 Å². The van der Waals surface area contributed by atoms with Crippen molar-refractivity contribution in [3.05, 3.63) is 101 Å². The Kier molecular flexibility index (Phi) is 6.60. The Bertz CT molecular complexity index is 918. The van der Waals surface area contributed by atoms with E-state index in [1.807, 2.05) is 6.07 Å². The van der Waals surface area contributed by atoms with Gasteiger partial charge in [-0.15, -0.1) is 0 Å². The zero-order valence-electron chi connectivity index (χ0n) is 16.2. The van der Waals surface area contributed by atoms with Crippen LogP contribution in [0.4, 0.5) is 0 Å². The van der Waals surface area contributed by atoms with Crippen molar-refractivity contribution in [2.24, 2.45) is 0 Å². The second-order valence-corrected chi connectivity index (χ2v) is 8.84. The molecule has 0 unspecified atom stereocenters. The largest absolute Gasteiger partial charge is 0.0620 e. The number of hydrogen-bond acceptors (Lipinski definition) is 0. The van der Waals surface area contributed by atoms with Crippen molar-refractivity contribution in [1.82, 2.24) is 4.98 Å². The second-order valence-electron chi connectivity index (χ2n) is 7.51. The van der Waals surface area contributed by atoms with Crippen LogP contribution >= 0.6 is 0 Å². The Labute approximate surface area is 183 Å². The van der Waals surface area contributed by atoms with Gasteiger partial charge >= 0.3 is 74.3 Å². The summed E-state index contributed by atoms with van der Waals surface area (Å²) in [5, 5.41) is 1.31. The summed E-state index contributed by atoms with van der Waals surface area (Å²) >= 11 is 1.45. The van der Waals surface area contributed by atoms with Crippen LogP contribution < -0.4 is 3.40 Å². The number of rotatable bonds is 0. The molecule has 3 aromatic carbocycles. The van der Waals surface area contributed by atoms with E-state index in [4.69, 9.17) is 0 Å². The van der Waals surface area contributed by atoms with Crippen molar-refractivity contribution in [3.63, 3.8) is 0 Å². The molecule has 2 aliphatic rings. The Balaban J connectivity index is 0.000000103. The Hall–Kier alpha value is -1.92. The maximum Gasteiger partial charge on any atom is -0.0273 e. The molecule has 2 heteroatoms. The smallest absolute Gasteiger partial charge is 0.0273 e. The molecular weight excluding hydrogens is 418 g/mol. The van der Waals surface area contributed by atoms with E-state index in [1.165, 1.54) is 77.5 Å². The molecule has 0 radical (unpaired) electrons. The predicted molar refractivity (Wildman–Crippen MR) is 115 cm³/mol. The third-order valence-corrected chi connectivity index (χ3v) is 6.21. The van der Waals surface area contributed by atoms with E-state index in [9.17, 15) is 0 Å². The van der Waals surface area contributed by atoms with E-state index in [2.05, 4.69) is 77.8 Å². The number of aromatic nitrogens is 1. The molecule has 0 saturated carbocycles. The fraction of sp³-hybridized carbons (Fsp3) is 0.231. The van der Waals surface area contributed by atoms with Gasteiger partial charge in [-0.3, -0.25) is 0 Å².